The van der Waals surface area contributed by atoms with Gasteiger partial charge in [0.2, 0.25) is 5.91 Å². The lowest BCUT2D eigenvalue weighted by atomic mass is 10.0. The van der Waals surface area contributed by atoms with Gasteiger partial charge in [0.1, 0.15) is 4.83 Å². The van der Waals surface area contributed by atoms with Crippen molar-refractivity contribution >= 4 is 39.2 Å². The van der Waals surface area contributed by atoms with Gasteiger partial charge in [0.25, 0.3) is 5.56 Å². The van der Waals surface area contributed by atoms with E-state index >= 15 is 0 Å². The van der Waals surface area contributed by atoms with Crippen LogP contribution in [0.25, 0.3) is 21.3 Å². The highest BCUT2D eigenvalue weighted by atomic mass is 32.2. The summed E-state index contributed by atoms with van der Waals surface area (Å²) in [4.78, 5) is 29.5. The number of aromatic nitrogens is 2. The van der Waals surface area contributed by atoms with Gasteiger partial charge in [-0.2, -0.15) is 0 Å². The lowest BCUT2D eigenvalue weighted by Crippen LogP contribution is -2.25. The number of carbonyl (C=O) groups is 1. The number of hydrogen-bond acceptors (Lipinski definition) is 5. The zero-order valence-corrected chi connectivity index (χ0v) is 16.1. The number of nitrogens with zero attached hydrogens (tertiary/aromatic N) is 2. The van der Waals surface area contributed by atoms with Crippen LogP contribution in [0.3, 0.4) is 0 Å². The summed E-state index contributed by atoms with van der Waals surface area (Å²) in [7, 11) is 1.67. The Morgan fingerprint density at radius 2 is 2.04 bits per heavy atom. The van der Waals surface area contributed by atoms with Gasteiger partial charge >= 0.3 is 0 Å². The molecule has 1 amide bonds. The van der Waals surface area contributed by atoms with Crippen molar-refractivity contribution in [3.05, 3.63) is 45.1 Å². The summed E-state index contributed by atoms with van der Waals surface area (Å²) >= 11 is 2.64. The van der Waals surface area contributed by atoms with Crippen molar-refractivity contribution < 1.29 is 4.79 Å². The number of fused-ring (bicyclic) bond motifs is 1. The van der Waals surface area contributed by atoms with E-state index in [2.05, 4.69) is 31.0 Å². The van der Waals surface area contributed by atoms with Gasteiger partial charge in [-0.1, -0.05) is 30.0 Å². The molecule has 2 heterocycles. The number of amides is 1. The Kier molecular flexibility index (Phi) is 4.71. The molecule has 0 saturated carbocycles. The van der Waals surface area contributed by atoms with E-state index < -0.39 is 11.2 Å². The lowest BCUT2D eigenvalue weighted by molar-refractivity contribution is -0.117. The minimum absolute atomic E-state index is 0.112. The van der Waals surface area contributed by atoms with Crippen molar-refractivity contribution in [2.75, 3.05) is 0 Å². The Bertz CT molecular complexity index is 1040. The normalized spacial score (nSPS) is 12.5. The Balaban J connectivity index is 2.16. The highest BCUT2D eigenvalue weighted by molar-refractivity contribution is 8.00. The average Bonchev–Trinajstić information content (AvgIpc) is 2.98. The number of aryl methyl sites for hydroxylation is 2. The first-order valence-electron chi connectivity index (χ1n) is 7.81. The largest absolute Gasteiger partial charge is 0.369 e. The molecule has 7 heteroatoms. The van der Waals surface area contributed by atoms with Gasteiger partial charge in [-0.05, 0) is 37.5 Å². The van der Waals surface area contributed by atoms with Gasteiger partial charge in [-0.3, -0.25) is 14.2 Å². The number of benzene rings is 1. The molecule has 0 spiro atoms. The molecule has 0 radical (unpaired) electrons. The monoisotopic (exact) mass is 373 g/mol. The molecule has 1 aromatic carbocycles. The van der Waals surface area contributed by atoms with Crippen molar-refractivity contribution in [3.63, 3.8) is 0 Å². The molecule has 0 saturated heterocycles. The van der Waals surface area contributed by atoms with E-state index in [1.165, 1.54) is 38.8 Å². The molecular weight excluding hydrogens is 354 g/mol. The van der Waals surface area contributed by atoms with Crippen molar-refractivity contribution in [1.29, 1.82) is 0 Å². The maximum Gasteiger partial charge on any atom is 0.263 e. The van der Waals surface area contributed by atoms with Crippen LogP contribution in [0.4, 0.5) is 0 Å². The molecule has 3 aromatic rings. The molecule has 0 aliphatic carbocycles. The van der Waals surface area contributed by atoms with Crippen LogP contribution in [0.5, 0.6) is 0 Å². The number of thiophene rings is 1. The maximum absolute atomic E-state index is 12.9. The van der Waals surface area contributed by atoms with Crippen molar-refractivity contribution in [3.8, 4) is 11.1 Å². The summed E-state index contributed by atoms with van der Waals surface area (Å²) < 4.78 is 1.49. The zero-order chi connectivity index (χ0) is 18.3. The quantitative estimate of drug-likeness (QED) is 0.562. The Morgan fingerprint density at radius 1 is 1.32 bits per heavy atom. The van der Waals surface area contributed by atoms with Crippen LogP contribution in [0.15, 0.2) is 33.5 Å². The summed E-state index contributed by atoms with van der Waals surface area (Å²) in [5, 5.41) is 2.63. The van der Waals surface area contributed by atoms with Crippen LogP contribution < -0.4 is 11.3 Å². The molecule has 3 rings (SSSR count). The number of rotatable bonds is 4. The molecule has 1 atom stereocenters. The minimum Gasteiger partial charge on any atom is -0.369 e. The van der Waals surface area contributed by atoms with Crippen LogP contribution in [-0.2, 0) is 11.8 Å². The molecule has 0 fully saturated rings. The predicted octanol–water partition coefficient (Wildman–Crippen LogP) is 3.24. The third-order valence-corrected chi connectivity index (χ3v) is 6.31. The molecule has 5 nitrogen and oxygen atoms in total. The van der Waals surface area contributed by atoms with Gasteiger partial charge in [-0.15, -0.1) is 11.3 Å². The number of carbonyl (C=O) groups excluding carboxylic acids is 1. The minimum atomic E-state index is -0.449. The van der Waals surface area contributed by atoms with E-state index in [0.29, 0.717) is 15.4 Å². The van der Waals surface area contributed by atoms with E-state index in [9.17, 15) is 9.59 Å². The summed E-state index contributed by atoms with van der Waals surface area (Å²) in [5.41, 5.74) is 9.52. The SMILES string of the molecule is Cc1ccc(-c2csc3nc(S[C@H](C)C(N)=O)n(C)c(=O)c23)cc1C. The number of hydrogen-bond donors (Lipinski definition) is 1. The maximum atomic E-state index is 12.9. The van der Waals surface area contributed by atoms with Crippen molar-refractivity contribution in [2.45, 2.75) is 31.2 Å². The van der Waals surface area contributed by atoms with Crippen LogP contribution in [0.2, 0.25) is 0 Å². The van der Waals surface area contributed by atoms with Gasteiger partial charge in [0.15, 0.2) is 5.16 Å². The standard InChI is InChI=1S/C18H19N3O2S2/c1-9-5-6-12(7-10(9)2)13-8-24-16-14(13)17(23)21(4)18(20-16)25-11(3)15(19)22/h5-8,11H,1-4H3,(H2,19,22)/t11-/m1/s1. The number of thioether (sulfide) groups is 1. The van der Waals surface area contributed by atoms with E-state index in [-0.39, 0.29) is 5.56 Å². The fraction of sp³-hybridized carbons (Fsp3) is 0.278. The Hall–Kier alpha value is -2.12. The molecule has 0 bridgehead atoms. The zero-order valence-electron chi connectivity index (χ0n) is 14.5. The molecule has 2 aromatic heterocycles. The molecule has 0 unspecified atom stereocenters. The van der Waals surface area contributed by atoms with E-state index in [0.717, 1.165) is 11.1 Å². The number of primary amides is 1. The fourth-order valence-corrected chi connectivity index (χ4v) is 4.31. The van der Waals surface area contributed by atoms with E-state index in [1.54, 1.807) is 14.0 Å². The van der Waals surface area contributed by atoms with Crippen LogP contribution in [0, 0.1) is 13.8 Å². The van der Waals surface area contributed by atoms with Gasteiger partial charge < -0.3 is 5.73 Å². The van der Waals surface area contributed by atoms with E-state index in [1.807, 2.05) is 11.4 Å². The summed E-state index contributed by atoms with van der Waals surface area (Å²) in [5.74, 6) is -0.429. The van der Waals surface area contributed by atoms with Crippen LogP contribution in [0.1, 0.15) is 18.1 Å². The second-order valence-corrected chi connectivity index (χ2v) is 8.22. The first kappa shape index (κ1) is 17.7. The molecule has 130 valence electrons. The lowest BCUT2D eigenvalue weighted by Gasteiger charge is -2.11. The first-order valence-corrected chi connectivity index (χ1v) is 9.57. The van der Waals surface area contributed by atoms with Gasteiger partial charge in [0.05, 0.1) is 10.6 Å². The average molecular weight is 374 g/mol. The second-order valence-electron chi connectivity index (χ2n) is 6.05. The predicted molar refractivity (Wildman–Crippen MR) is 104 cm³/mol. The number of nitrogens with two attached hydrogens (primary N) is 1. The van der Waals surface area contributed by atoms with Crippen LogP contribution >= 0.6 is 23.1 Å². The Labute approximate surface area is 153 Å². The van der Waals surface area contributed by atoms with Gasteiger partial charge in [-0.25, -0.2) is 4.98 Å². The highest BCUT2D eigenvalue weighted by Gasteiger charge is 2.19. The summed E-state index contributed by atoms with van der Waals surface area (Å²) in [6.45, 7) is 5.83. The smallest absolute Gasteiger partial charge is 0.263 e. The topological polar surface area (TPSA) is 78.0 Å². The highest BCUT2D eigenvalue weighted by Crippen LogP contribution is 2.33. The molecule has 0 aliphatic heterocycles. The molecule has 0 aliphatic rings. The summed E-state index contributed by atoms with van der Waals surface area (Å²) in [6.07, 6.45) is 0. The van der Waals surface area contributed by atoms with Gasteiger partial charge in [0, 0.05) is 18.0 Å². The molecule has 2 N–H and O–H groups in total. The second kappa shape index (κ2) is 6.65. The Morgan fingerprint density at radius 3 is 2.68 bits per heavy atom. The molecule has 25 heavy (non-hydrogen) atoms. The fourth-order valence-electron chi connectivity index (χ4n) is 2.50. The third-order valence-electron chi connectivity index (χ3n) is 4.28. The molecular formula is C18H19N3O2S2. The van der Waals surface area contributed by atoms with Crippen molar-refractivity contribution in [1.82, 2.24) is 9.55 Å². The summed E-state index contributed by atoms with van der Waals surface area (Å²) in [6, 6.07) is 6.18. The van der Waals surface area contributed by atoms with E-state index in [4.69, 9.17) is 5.73 Å². The first-order chi connectivity index (χ1) is 11.8. The van der Waals surface area contributed by atoms with Crippen LogP contribution in [-0.4, -0.2) is 20.7 Å². The third kappa shape index (κ3) is 3.21. The van der Waals surface area contributed by atoms with Crippen molar-refractivity contribution in [2.24, 2.45) is 12.8 Å².